The minimum Gasteiger partial charge on any atom is -0.354 e. The SMILES string of the molecule is Clc1ccc2c(cnn2-c2ccccc2NC2=NCCN2)c1. The lowest BCUT2D eigenvalue weighted by molar-refractivity contribution is 0.912. The van der Waals surface area contributed by atoms with E-state index in [9.17, 15) is 0 Å². The van der Waals surface area contributed by atoms with Crippen molar-refractivity contribution >= 4 is 34.2 Å². The van der Waals surface area contributed by atoms with Gasteiger partial charge in [-0.05, 0) is 30.3 Å². The van der Waals surface area contributed by atoms with Crippen molar-refractivity contribution in [1.82, 2.24) is 15.1 Å². The molecule has 0 atom stereocenters. The summed E-state index contributed by atoms with van der Waals surface area (Å²) in [5, 5.41) is 12.8. The Balaban J connectivity index is 1.81. The highest BCUT2D eigenvalue weighted by Crippen LogP contribution is 2.26. The number of halogens is 1. The lowest BCUT2D eigenvalue weighted by Gasteiger charge is -2.12. The molecular formula is C16H14ClN5. The zero-order valence-corrected chi connectivity index (χ0v) is 12.5. The molecule has 0 unspecified atom stereocenters. The van der Waals surface area contributed by atoms with Gasteiger partial charge in [0.1, 0.15) is 0 Å². The van der Waals surface area contributed by atoms with Crippen LogP contribution in [0.1, 0.15) is 0 Å². The maximum absolute atomic E-state index is 6.05. The molecule has 1 aromatic heterocycles. The molecule has 2 heterocycles. The number of nitrogens with one attached hydrogen (secondary N) is 2. The average Bonchev–Trinajstić information content (AvgIpc) is 3.17. The lowest BCUT2D eigenvalue weighted by Crippen LogP contribution is -2.26. The Hall–Kier alpha value is -2.53. The average molecular weight is 312 g/mol. The van der Waals surface area contributed by atoms with Crippen molar-refractivity contribution in [2.75, 3.05) is 18.4 Å². The minimum absolute atomic E-state index is 0.711. The number of fused-ring (bicyclic) bond motifs is 1. The summed E-state index contributed by atoms with van der Waals surface area (Å²) in [5.74, 6) is 0.798. The van der Waals surface area contributed by atoms with Crippen LogP contribution in [-0.2, 0) is 0 Å². The van der Waals surface area contributed by atoms with E-state index in [1.807, 2.05) is 53.3 Å². The molecule has 0 aliphatic carbocycles. The number of nitrogens with zero attached hydrogens (tertiary/aromatic N) is 3. The van der Waals surface area contributed by atoms with E-state index in [-0.39, 0.29) is 0 Å². The van der Waals surface area contributed by atoms with Crippen LogP contribution in [0.4, 0.5) is 5.69 Å². The molecule has 1 aliphatic rings. The summed E-state index contributed by atoms with van der Waals surface area (Å²) in [5.41, 5.74) is 2.94. The lowest BCUT2D eigenvalue weighted by atomic mass is 10.2. The Labute approximate surface area is 132 Å². The molecule has 1 aliphatic heterocycles. The van der Waals surface area contributed by atoms with Crippen LogP contribution in [0.15, 0.2) is 53.7 Å². The van der Waals surface area contributed by atoms with Crippen LogP contribution in [0.5, 0.6) is 0 Å². The van der Waals surface area contributed by atoms with Crippen LogP contribution < -0.4 is 10.6 Å². The summed E-state index contributed by atoms with van der Waals surface area (Å²) in [6, 6.07) is 13.8. The van der Waals surface area contributed by atoms with Crippen molar-refractivity contribution in [3.05, 3.63) is 53.7 Å². The molecule has 4 rings (SSSR count). The summed E-state index contributed by atoms with van der Waals surface area (Å²) in [4.78, 5) is 4.37. The molecule has 0 saturated heterocycles. The molecule has 0 amide bonds. The second kappa shape index (κ2) is 5.35. The van der Waals surface area contributed by atoms with E-state index in [1.165, 1.54) is 0 Å². The van der Waals surface area contributed by atoms with Gasteiger partial charge in [-0.15, -0.1) is 0 Å². The molecule has 6 heteroatoms. The number of hydrogen-bond donors (Lipinski definition) is 2. The number of para-hydroxylation sites is 2. The monoisotopic (exact) mass is 311 g/mol. The first kappa shape index (κ1) is 13.2. The molecule has 0 saturated carbocycles. The summed E-state index contributed by atoms with van der Waals surface area (Å²) >= 11 is 6.05. The number of guanidine groups is 1. The minimum atomic E-state index is 0.711. The van der Waals surface area contributed by atoms with Crippen LogP contribution in [0, 0.1) is 0 Å². The van der Waals surface area contributed by atoms with Crippen molar-refractivity contribution < 1.29 is 0 Å². The fourth-order valence-corrected chi connectivity index (χ4v) is 2.75. The standard InChI is InChI=1S/C16H14ClN5/c17-12-5-6-14-11(9-12)10-20-22(14)15-4-2-1-3-13(15)21-16-18-7-8-19-16/h1-6,9-10H,7-8H2,(H2,18,19,21). The molecule has 3 aromatic rings. The third kappa shape index (κ3) is 2.29. The Morgan fingerprint density at radius 2 is 2.09 bits per heavy atom. The van der Waals surface area contributed by atoms with Crippen molar-refractivity contribution in [2.45, 2.75) is 0 Å². The largest absolute Gasteiger partial charge is 0.354 e. The van der Waals surface area contributed by atoms with Gasteiger partial charge in [-0.1, -0.05) is 23.7 Å². The topological polar surface area (TPSA) is 54.2 Å². The second-order valence-electron chi connectivity index (χ2n) is 5.06. The van der Waals surface area contributed by atoms with Gasteiger partial charge >= 0.3 is 0 Å². The van der Waals surface area contributed by atoms with Crippen molar-refractivity contribution in [3.8, 4) is 5.69 Å². The van der Waals surface area contributed by atoms with E-state index < -0.39 is 0 Å². The summed E-state index contributed by atoms with van der Waals surface area (Å²) in [6.45, 7) is 1.67. The molecule has 2 aromatic carbocycles. The maximum atomic E-state index is 6.05. The van der Waals surface area contributed by atoms with Crippen molar-refractivity contribution in [1.29, 1.82) is 0 Å². The van der Waals surface area contributed by atoms with E-state index >= 15 is 0 Å². The number of hydrogen-bond acceptors (Lipinski definition) is 4. The first-order valence-corrected chi connectivity index (χ1v) is 7.47. The number of rotatable bonds is 2. The number of benzene rings is 2. The summed E-state index contributed by atoms with van der Waals surface area (Å²) < 4.78 is 1.91. The highest BCUT2D eigenvalue weighted by Gasteiger charge is 2.12. The fraction of sp³-hybridized carbons (Fsp3) is 0.125. The van der Waals surface area contributed by atoms with E-state index in [0.29, 0.717) is 5.02 Å². The molecule has 0 radical (unpaired) electrons. The van der Waals surface area contributed by atoms with Crippen LogP contribution in [0.25, 0.3) is 16.6 Å². The number of aliphatic imine (C=N–C) groups is 1. The van der Waals surface area contributed by atoms with Gasteiger partial charge in [0, 0.05) is 17.0 Å². The molecule has 0 fully saturated rings. The Morgan fingerprint density at radius 1 is 1.18 bits per heavy atom. The van der Waals surface area contributed by atoms with Gasteiger partial charge in [-0.2, -0.15) is 5.10 Å². The van der Waals surface area contributed by atoms with E-state index in [4.69, 9.17) is 11.6 Å². The van der Waals surface area contributed by atoms with Crippen LogP contribution in [-0.4, -0.2) is 28.8 Å². The van der Waals surface area contributed by atoms with Gasteiger partial charge in [0.15, 0.2) is 5.96 Å². The smallest absolute Gasteiger partial charge is 0.195 e. The zero-order valence-electron chi connectivity index (χ0n) is 11.8. The van der Waals surface area contributed by atoms with Crippen molar-refractivity contribution in [2.24, 2.45) is 4.99 Å². The molecule has 22 heavy (non-hydrogen) atoms. The molecule has 0 bridgehead atoms. The predicted molar refractivity (Wildman–Crippen MR) is 90.0 cm³/mol. The molecule has 0 spiro atoms. The third-order valence-corrected chi connectivity index (χ3v) is 3.82. The third-order valence-electron chi connectivity index (χ3n) is 3.59. The van der Waals surface area contributed by atoms with Gasteiger partial charge < -0.3 is 10.6 Å². The first-order chi connectivity index (χ1) is 10.8. The second-order valence-corrected chi connectivity index (χ2v) is 5.50. The summed E-state index contributed by atoms with van der Waals surface area (Å²) in [7, 11) is 0. The van der Waals surface area contributed by atoms with Gasteiger partial charge in [-0.3, -0.25) is 4.99 Å². The molecule has 2 N–H and O–H groups in total. The van der Waals surface area contributed by atoms with Gasteiger partial charge in [-0.25, -0.2) is 4.68 Å². The Morgan fingerprint density at radius 3 is 2.95 bits per heavy atom. The predicted octanol–water partition coefficient (Wildman–Crippen LogP) is 3.05. The normalized spacial score (nSPS) is 14.0. The molecule has 5 nitrogen and oxygen atoms in total. The van der Waals surface area contributed by atoms with Crippen LogP contribution in [0.3, 0.4) is 0 Å². The zero-order chi connectivity index (χ0) is 14.9. The van der Waals surface area contributed by atoms with E-state index in [2.05, 4.69) is 20.7 Å². The maximum Gasteiger partial charge on any atom is 0.195 e. The summed E-state index contributed by atoms with van der Waals surface area (Å²) in [6.07, 6.45) is 1.82. The highest BCUT2D eigenvalue weighted by atomic mass is 35.5. The Bertz CT molecular complexity index is 868. The highest BCUT2D eigenvalue weighted by molar-refractivity contribution is 6.31. The number of aromatic nitrogens is 2. The molecular weight excluding hydrogens is 298 g/mol. The molecule has 110 valence electrons. The number of anilines is 1. The van der Waals surface area contributed by atoms with Crippen LogP contribution >= 0.6 is 11.6 Å². The van der Waals surface area contributed by atoms with Gasteiger partial charge in [0.25, 0.3) is 0 Å². The van der Waals surface area contributed by atoms with E-state index in [0.717, 1.165) is 41.3 Å². The fourth-order valence-electron chi connectivity index (χ4n) is 2.57. The van der Waals surface area contributed by atoms with Crippen molar-refractivity contribution in [3.63, 3.8) is 0 Å². The first-order valence-electron chi connectivity index (χ1n) is 7.09. The van der Waals surface area contributed by atoms with Gasteiger partial charge in [0.05, 0.1) is 29.6 Å². The Kier molecular flexibility index (Phi) is 3.20. The van der Waals surface area contributed by atoms with Crippen LogP contribution in [0.2, 0.25) is 5.02 Å². The van der Waals surface area contributed by atoms with Gasteiger partial charge in [0.2, 0.25) is 0 Å². The quantitative estimate of drug-likeness (QED) is 0.765. The van der Waals surface area contributed by atoms with E-state index in [1.54, 1.807) is 0 Å².